The first-order valence-electron chi connectivity index (χ1n) is 10.5. The third-order valence-electron chi connectivity index (χ3n) is 7.41. The van der Waals surface area contributed by atoms with Gasteiger partial charge in [-0.1, -0.05) is 43.3 Å². The summed E-state index contributed by atoms with van der Waals surface area (Å²) >= 11 is 0. The van der Waals surface area contributed by atoms with Crippen LogP contribution in [0.3, 0.4) is 0 Å². The molecule has 3 unspecified atom stereocenters. The van der Waals surface area contributed by atoms with Gasteiger partial charge in [-0.25, -0.2) is 4.79 Å². The lowest BCUT2D eigenvalue weighted by Crippen LogP contribution is -2.99. The number of esters is 1. The summed E-state index contributed by atoms with van der Waals surface area (Å²) < 4.78 is 4.66. The van der Waals surface area contributed by atoms with Crippen molar-refractivity contribution in [1.29, 1.82) is 0 Å². The Hall–Kier alpha value is -2.33. The molecule has 32 heavy (non-hydrogen) atoms. The molecule has 0 bridgehead atoms. The number of aryl methyl sites for hydroxylation is 1. The minimum absolute atomic E-state index is 0.250. The summed E-state index contributed by atoms with van der Waals surface area (Å²) in [4.78, 5) is 11.7. The summed E-state index contributed by atoms with van der Waals surface area (Å²) in [7, 11) is 1.24. The van der Waals surface area contributed by atoms with E-state index in [9.17, 15) is 35.4 Å². The molecule has 0 saturated heterocycles. The van der Waals surface area contributed by atoms with E-state index in [0.717, 1.165) is 12.0 Å². The summed E-state index contributed by atoms with van der Waals surface area (Å²) in [5.41, 5.74) is -4.81. The van der Waals surface area contributed by atoms with Crippen LogP contribution in [0, 0.1) is 0 Å². The zero-order valence-corrected chi connectivity index (χ0v) is 17.8. The number of hydrogen-bond donors (Lipinski definition) is 6. The average molecular weight is 444 g/mol. The van der Waals surface area contributed by atoms with E-state index in [-0.39, 0.29) is 5.56 Å². The molecular formula is C24H28O8. The lowest BCUT2D eigenvalue weighted by Gasteiger charge is -2.80. The monoisotopic (exact) mass is 444 g/mol. The van der Waals surface area contributed by atoms with Crippen molar-refractivity contribution in [3.05, 3.63) is 70.8 Å². The number of methoxy groups -OCH3 is 1. The summed E-state index contributed by atoms with van der Waals surface area (Å²) in [5.74, 6) is -2.97. The Morgan fingerprint density at radius 2 is 1.59 bits per heavy atom. The van der Waals surface area contributed by atoms with E-state index in [1.165, 1.54) is 31.4 Å². The van der Waals surface area contributed by atoms with Gasteiger partial charge in [-0.05, 0) is 35.2 Å². The van der Waals surface area contributed by atoms with Gasteiger partial charge in [0.15, 0.2) is 0 Å². The highest BCUT2D eigenvalue weighted by atomic mass is 16.5. The molecule has 0 spiro atoms. The van der Waals surface area contributed by atoms with Crippen molar-refractivity contribution < 1.29 is 40.2 Å². The smallest absolute Gasteiger partial charge is 0.337 e. The van der Waals surface area contributed by atoms with Crippen LogP contribution in [0.5, 0.6) is 0 Å². The van der Waals surface area contributed by atoms with Crippen molar-refractivity contribution in [2.24, 2.45) is 0 Å². The number of benzene rings is 2. The molecule has 172 valence electrons. The number of aliphatic hydroxyl groups excluding tert-OH is 3. The lowest BCUT2D eigenvalue weighted by atomic mass is 9.30. The maximum atomic E-state index is 11.7. The number of rotatable bonds is 6. The summed E-state index contributed by atoms with van der Waals surface area (Å²) in [6, 6.07) is 12.8. The predicted molar refractivity (Wildman–Crippen MR) is 113 cm³/mol. The molecule has 2 aromatic carbocycles. The Morgan fingerprint density at radius 3 is 2.09 bits per heavy atom. The Morgan fingerprint density at radius 1 is 1.03 bits per heavy atom. The first kappa shape index (κ1) is 22.8. The van der Waals surface area contributed by atoms with E-state index >= 15 is 0 Å². The molecule has 0 aliphatic heterocycles. The maximum absolute atomic E-state index is 11.7. The molecule has 0 aromatic heterocycles. The van der Waals surface area contributed by atoms with Crippen LogP contribution in [-0.4, -0.2) is 79.3 Å². The van der Waals surface area contributed by atoms with Crippen LogP contribution in [0.15, 0.2) is 48.5 Å². The Bertz CT molecular complexity index is 1010. The van der Waals surface area contributed by atoms with E-state index in [1.807, 2.05) is 6.92 Å². The van der Waals surface area contributed by atoms with Crippen LogP contribution in [-0.2, 0) is 11.2 Å². The highest BCUT2D eigenvalue weighted by Crippen LogP contribution is 2.75. The molecule has 2 fully saturated rings. The van der Waals surface area contributed by atoms with Gasteiger partial charge in [0.05, 0.1) is 31.3 Å². The highest BCUT2D eigenvalue weighted by molar-refractivity contribution is 5.89. The lowest BCUT2D eigenvalue weighted by molar-refractivity contribution is -0.459. The topological polar surface area (TPSA) is 148 Å². The molecule has 8 heteroatoms. The van der Waals surface area contributed by atoms with Crippen molar-refractivity contribution in [2.45, 2.75) is 54.2 Å². The number of carbonyl (C=O) groups is 1. The molecule has 6 N–H and O–H groups in total. The second kappa shape index (κ2) is 7.62. The van der Waals surface area contributed by atoms with Gasteiger partial charge in [-0.2, -0.15) is 0 Å². The molecule has 8 nitrogen and oxygen atoms in total. The minimum atomic E-state index is -2.34. The molecular weight excluding hydrogens is 416 g/mol. The molecule has 0 radical (unpaired) electrons. The van der Waals surface area contributed by atoms with Crippen molar-refractivity contribution in [2.75, 3.05) is 13.7 Å². The van der Waals surface area contributed by atoms with E-state index in [1.54, 1.807) is 24.3 Å². The van der Waals surface area contributed by atoms with Crippen LogP contribution in [0.1, 0.15) is 45.8 Å². The number of fused-ring (bicyclic) bond motifs is 1. The summed E-state index contributed by atoms with van der Waals surface area (Å²) in [5, 5.41) is 65.7. The maximum Gasteiger partial charge on any atom is 0.337 e. The van der Waals surface area contributed by atoms with Crippen LogP contribution >= 0.6 is 0 Å². The third-order valence-corrected chi connectivity index (χ3v) is 7.41. The predicted octanol–water partition coefficient (Wildman–Crippen LogP) is -0.162. The normalized spacial score (nSPS) is 36.4. The van der Waals surface area contributed by atoms with Gasteiger partial charge < -0.3 is 35.4 Å². The molecule has 2 aliphatic carbocycles. The Balaban J connectivity index is 1.77. The zero-order chi connectivity index (χ0) is 23.5. The average Bonchev–Trinajstić information content (AvgIpc) is 2.83. The van der Waals surface area contributed by atoms with Gasteiger partial charge in [0, 0.05) is 5.92 Å². The first-order chi connectivity index (χ1) is 15.1. The van der Waals surface area contributed by atoms with Crippen LogP contribution in [0.2, 0.25) is 0 Å². The quantitative estimate of drug-likeness (QED) is 0.337. The second-order valence-corrected chi connectivity index (χ2v) is 8.68. The van der Waals surface area contributed by atoms with Crippen LogP contribution in [0.25, 0.3) is 0 Å². The number of ether oxygens (including phenoxy) is 1. The third kappa shape index (κ3) is 2.56. The van der Waals surface area contributed by atoms with Crippen molar-refractivity contribution in [3.63, 3.8) is 0 Å². The standard InChI is InChI=1S/C24H28O8/c1-3-13-4-6-15(7-5-13)19-22(29,17(26)12-25)24(31)18(20(27)23(19,24)30)14-8-10-16(11-9-14)21(28)32-2/h4-11,17-20,25-27,29-31H,3,12H2,1-2H3/t17-,18?,19?,20?,22+,23+,24+/m1/s1. The number of aliphatic hydroxyl groups is 6. The molecule has 0 amide bonds. The van der Waals surface area contributed by atoms with Crippen molar-refractivity contribution in [1.82, 2.24) is 0 Å². The number of carbonyl (C=O) groups excluding carboxylic acids is 1. The van der Waals surface area contributed by atoms with Crippen LogP contribution < -0.4 is 0 Å². The minimum Gasteiger partial charge on any atom is -0.465 e. The van der Waals surface area contributed by atoms with E-state index < -0.39 is 53.4 Å². The van der Waals surface area contributed by atoms with Gasteiger partial charge in [0.1, 0.15) is 22.9 Å². The number of hydrogen-bond acceptors (Lipinski definition) is 8. The molecule has 4 rings (SSSR count). The fourth-order valence-corrected chi connectivity index (χ4v) is 5.71. The summed E-state index contributed by atoms with van der Waals surface area (Å²) in [6.45, 7) is 1.12. The Kier molecular flexibility index (Phi) is 5.44. The zero-order valence-electron chi connectivity index (χ0n) is 17.8. The van der Waals surface area contributed by atoms with Gasteiger partial charge in [-0.3, -0.25) is 0 Å². The fourth-order valence-electron chi connectivity index (χ4n) is 5.71. The van der Waals surface area contributed by atoms with Crippen molar-refractivity contribution in [3.8, 4) is 0 Å². The largest absolute Gasteiger partial charge is 0.465 e. The van der Waals surface area contributed by atoms with Gasteiger partial charge >= 0.3 is 5.97 Å². The van der Waals surface area contributed by atoms with E-state index in [0.29, 0.717) is 11.1 Å². The van der Waals surface area contributed by atoms with Crippen LogP contribution in [0.4, 0.5) is 0 Å². The Labute approximate surface area is 185 Å². The fraction of sp³-hybridized carbons (Fsp3) is 0.458. The molecule has 2 aliphatic rings. The van der Waals surface area contributed by atoms with Gasteiger partial charge in [-0.15, -0.1) is 0 Å². The SMILES string of the molecule is CCc1ccc(C2[C@]3(O)C(O)C(c4ccc(C(=O)OC)cc4)[C@]3(O)[C@]2(O)[C@H](O)CO)cc1. The first-order valence-corrected chi connectivity index (χ1v) is 10.5. The van der Waals surface area contributed by atoms with E-state index in [4.69, 9.17) is 0 Å². The highest BCUT2D eigenvalue weighted by Gasteiger charge is 2.93. The second-order valence-electron chi connectivity index (χ2n) is 8.68. The van der Waals surface area contributed by atoms with Crippen molar-refractivity contribution >= 4 is 5.97 Å². The molecule has 7 atom stereocenters. The molecule has 2 aromatic rings. The van der Waals surface area contributed by atoms with Gasteiger partial charge in [0.25, 0.3) is 0 Å². The van der Waals surface area contributed by atoms with E-state index in [2.05, 4.69) is 4.74 Å². The summed E-state index contributed by atoms with van der Waals surface area (Å²) in [6.07, 6.45) is -2.49. The molecule has 0 heterocycles. The van der Waals surface area contributed by atoms with Gasteiger partial charge in [0.2, 0.25) is 0 Å². The molecule has 2 saturated carbocycles.